The molecule has 2 aromatic carbocycles. The number of amides is 2. The minimum atomic E-state index is -3.63. The van der Waals surface area contributed by atoms with Crippen LogP contribution in [0.3, 0.4) is 0 Å². The first-order valence-corrected chi connectivity index (χ1v) is 15.4. The molecule has 39 heavy (non-hydrogen) atoms. The first-order valence-electron chi connectivity index (χ1n) is 13.2. The number of hydrogen-bond donors (Lipinski definition) is 1. The molecule has 0 saturated heterocycles. The Morgan fingerprint density at radius 3 is 2.33 bits per heavy atom. The number of hydrogen-bond acceptors (Lipinski definition) is 6. The lowest BCUT2D eigenvalue weighted by molar-refractivity contribution is -0.141. The van der Waals surface area contributed by atoms with Crippen LogP contribution in [0, 0.1) is 5.92 Å². The molecular formula is C28H38ClN3O6S. The first kappa shape index (κ1) is 30.6. The van der Waals surface area contributed by atoms with Crippen LogP contribution in [0.25, 0.3) is 0 Å². The molecule has 2 amide bonds. The van der Waals surface area contributed by atoms with Crippen LogP contribution >= 0.6 is 11.6 Å². The lowest BCUT2D eigenvalue weighted by Gasteiger charge is -2.31. The van der Waals surface area contributed by atoms with Gasteiger partial charge in [0.25, 0.3) is 0 Å². The van der Waals surface area contributed by atoms with Crippen LogP contribution in [0.4, 0.5) is 5.69 Å². The number of nitrogens with zero attached hydrogens (tertiary/aromatic N) is 2. The quantitative estimate of drug-likeness (QED) is 0.381. The number of sulfonamides is 1. The van der Waals surface area contributed by atoms with E-state index in [2.05, 4.69) is 5.32 Å². The summed E-state index contributed by atoms with van der Waals surface area (Å²) in [6.45, 7) is 7.55. The average molecular weight is 580 g/mol. The lowest BCUT2D eigenvalue weighted by atomic mass is 10.1. The molecule has 0 bridgehead atoms. The highest BCUT2D eigenvalue weighted by Crippen LogP contribution is 2.34. The zero-order chi connectivity index (χ0) is 28.6. The van der Waals surface area contributed by atoms with Gasteiger partial charge in [0.05, 0.1) is 11.9 Å². The zero-order valence-corrected chi connectivity index (χ0v) is 24.6. The highest BCUT2D eigenvalue weighted by atomic mass is 35.5. The molecule has 3 rings (SSSR count). The van der Waals surface area contributed by atoms with Crippen LogP contribution in [0.1, 0.15) is 45.6 Å². The number of carbonyl (C=O) groups excluding carboxylic acids is 2. The van der Waals surface area contributed by atoms with E-state index in [-0.39, 0.29) is 43.7 Å². The second-order valence-corrected chi connectivity index (χ2v) is 12.3. The van der Waals surface area contributed by atoms with Crippen molar-refractivity contribution in [1.82, 2.24) is 10.2 Å². The third-order valence-corrected chi connectivity index (χ3v) is 7.75. The van der Waals surface area contributed by atoms with Crippen LogP contribution in [-0.2, 0) is 26.2 Å². The summed E-state index contributed by atoms with van der Waals surface area (Å²) in [6, 6.07) is 11.5. The molecule has 0 radical (unpaired) electrons. The van der Waals surface area contributed by atoms with Crippen LogP contribution in [-0.4, -0.2) is 63.7 Å². The maximum absolute atomic E-state index is 13.5. The van der Waals surface area contributed by atoms with Gasteiger partial charge in [-0.1, -0.05) is 44.5 Å². The summed E-state index contributed by atoms with van der Waals surface area (Å²) in [7, 11) is -3.63. The largest absolute Gasteiger partial charge is 0.486 e. The third-order valence-electron chi connectivity index (χ3n) is 6.30. The highest BCUT2D eigenvalue weighted by Gasteiger charge is 2.29. The Labute approximate surface area is 236 Å². The molecule has 0 unspecified atom stereocenters. The molecule has 0 saturated carbocycles. The molecule has 2 aromatic rings. The van der Waals surface area contributed by atoms with Gasteiger partial charge in [0, 0.05) is 37.1 Å². The Morgan fingerprint density at radius 1 is 1.05 bits per heavy atom. The molecule has 0 aromatic heterocycles. The maximum atomic E-state index is 13.5. The average Bonchev–Trinajstić information content (AvgIpc) is 2.89. The van der Waals surface area contributed by atoms with Crippen molar-refractivity contribution in [2.24, 2.45) is 5.92 Å². The van der Waals surface area contributed by atoms with Crippen molar-refractivity contribution in [3.05, 3.63) is 53.1 Å². The van der Waals surface area contributed by atoms with Crippen LogP contribution in [0.2, 0.25) is 5.02 Å². The van der Waals surface area contributed by atoms with Gasteiger partial charge in [-0.15, -0.1) is 0 Å². The smallest absolute Gasteiger partial charge is 0.242 e. The van der Waals surface area contributed by atoms with Gasteiger partial charge in [-0.3, -0.25) is 13.9 Å². The molecule has 0 aliphatic carbocycles. The monoisotopic (exact) mass is 579 g/mol. The number of benzene rings is 2. The summed E-state index contributed by atoms with van der Waals surface area (Å²) < 4.78 is 37.7. The van der Waals surface area contributed by atoms with E-state index >= 15 is 0 Å². The molecule has 1 aliphatic heterocycles. The Bertz CT molecular complexity index is 1240. The van der Waals surface area contributed by atoms with Gasteiger partial charge >= 0.3 is 0 Å². The van der Waals surface area contributed by atoms with Gasteiger partial charge in [0.1, 0.15) is 19.3 Å². The number of halogens is 1. The number of nitrogens with one attached hydrogen (secondary N) is 1. The summed E-state index contributed by atoms with van der Waals surface area (Å²) in [5, 5.41) is 3.52. The summed E-state index contributed by atoms with van der Waals surface area (Å²) >= 11 is 6.03. The molecule has 1 N–H and O–H groups in total. The van der Waals surface area contributed by atoms with Crippen molar-refractivity contribution < 1.29 is 27.5 Å². The van der Waals surface area contributed by atoms with Crippen molar-refractivity contribution in [3.63, 3.8) is 0 Å². The van der Waals surface area contributed by atoms with Crippen molar-refractivity contribution in [1.29, 1.82) is 0 Å². The molecule has 0 fully saturated rings. The van der Waals surface area contributed by atoms with E-state index in [1.165, 1.54) is 4.31 Å². The number of anilines is 1. The Morgan fingerprint density at radius 2 is 1.72 bits per heavy atom. The van der Waals surface area contributed by atoms with Crippen molar-refractivity contribution >= 4 is 39.1 Å². The summed E-state index contributed by atoms with van der Waals surface area (Å²) in [5.74, 6) is 0.882. The second kappa shape index (κ2) is 13.9. The third kappa shape index (κ3) is 8.76. The van der Waals surface area contributed by atoms with Crippen LogP contribution in [0.5, 0.6) is 11.5 Å². The van der Waals surface area contributed by atoms with Crippen molar-refractivity contribution in [3.8, 4) is 11.5 Å². The number of ether oxygens (including phenoxy) is 2. The number of carbonyl (C=O) groups is 2. The lowest BCUT2D eigenvalue weighted by Crippen LogP contribution is -2.49. The predicted octanol–water partition coefficient (Wildman–Crippen LogP) is 4.24. The van der Waals surface area contributed by atoms with Gasteiger partial charge in [0.15, 0.2) is 11.5 Å². The van der Waals surface area contributed by atoms with E-state index in [1.54, 1.807) is 35.2 Å². The van der Waals surface area contributed by atoms with E-state index < -0.39 is 16.1 Å². The molecule has 1 aliphatic rings. The minimum Gasteiger partial charge on any atom is -0.486 e. The summed E-state index contributed by atoms with van der Waals surface area (Å²) in [4.78, 5) is 28.2. The van der Waals surface area contributed by atoms with Crippen molar-refractivity contribution in [2.45, 2.75) is 52.6 Å². The van der Waals surface area contributed by atoms with E-state index in [4.69, 9.17) is 21.1 Å². The van der Waals surface area contributed by atoms with Gasteiger partial charge in [0.2, 0.25) is 21.8 Å². The van der Waals surface area contributed by atoms with E-state index in [0.717, 1.165) is 11.8 Å². The SMILES string of the molecule is CC[C@@H](C(=O)NCC(C)C)N(Cc1ccc(Cl)cc1)C(=O)CCCN(c1ccc2c(c1)OCCO2)S(C)(=O)=O. The Balaban J connectivity index is 1.75. The highest BCUT2D eigenvalue weighted by molar-refractivity contribution is 7.92. The van der Waals surface area contributed by atoms with Crippen LogP contribution < -0.4 is 19.1 Å². The Hall–Kier alpha value is -2.98. The topological polar surface area (TPSA) is 105 Å². The Kier molecular flexibility index (Phi) is 10.9. The van der Waals surface area contributed by atoms with E-state index in [0.29, 0.717) is 48.4 Å². The summed E-state index contributed by atoms with van der Waals surface area (Å²) in [6.07, 6.45) is 1.90. The first-order chi connectivity index (χ1) is 18.5. The molecule has 1 atom stereocenters. The van der Waals surface area contributed by atoms with Gasteiger partial charge in [-0.2, -0.15) is 0 Å². The van der Waals surface area contributed by atoms with Crippen LogP contribution in [0.15, 0.2) is 42.5 Å². The normalized spacial score (nSPS) is 13.6. The standard InChI is InChI=1S/C28H38ClN3O6S/c1-5-24(28(34)30-18-20(2)3)31(19-21-8-10-22(29)11-9-21)27(33)7-6-14-32(39(4,35)36)23-12-13-25-26(17-23)38-16-15-37-25/h8-13,17,20,24H,5-7,14-16,18-19H2,1-4H3,(H,30,34)/t24-/m0/s1. The maximum Gasteiger partial charge on any atom is 0.242 e. The molecule has 214 valence electrons. The van der Waals surface area contributed by atoms with Gasteiger partial charge < -0.3 is 19.7 Å². The second-order valence-electron chi connectivity index (χ2n) is 9.98. The minimum absolute atomic E-state index is 0.0676. The van der Waals surface area contributed by atoms with Gasteiger partial charge in [-0.05, 0) is 48.6 Å². The fraction of sp³-hybridized carbons (Fsp3) is 0.500. The van der Waals surface area contributed by atoms with Gasteiger partial charge in [-0.25, -0.2) is 8.42 Å². The van der Waals surface area contributed by atoms with E-state index in [1.807, 2.05) is 32.9 Å². The molecule has 11 heteroatoms. The molecule has 0 spiro atoms. The van der Waals surface area contributed by atoms with Crippen molar-refractivity contribution in [2.75, 3.05) is 36.9 Å². The predicted molar refractivity (Wildman–Crippen MR) is 153 cm³/mol. The van der Waals surface area contributed by atoms with E-state index in [9.17, 15) is 18.0 Å². The zero-order valence-electron chi connectivity index (χ0n) is 23.0. The fourth-order valence-electron chi connectivity index (χ4n) is 4.32. The summed E-state index contributed by atoms with van der Waals surface area (Å²) in [5.41, 5.74) is 1.28. The molecule has 9 nitrogen and oxygen atoms in total. The number of rotatable bonds is 13. The number of fused-ring (bicyclic) bond motifs is 1. The molecular weight excluding hydrogens is 542 g/mol. The molecule has 1 heterocycles. The fourth-order valence-corrected chi connectivity index (χ4v) is 5.40.